The molecule has 1 saturated heterocycles. The molecule has 0 unspecified atom stereocenters. The fourth-order valence-corrected chi connectivity index (χ4v) is 3.54. The number of amides is 1. The summed E-state index contributed by atoms with van der Waals surface area (Å²) < 4.78 is 40.0. The van der Waals surface area contributed by atoms with Crippen molar-refractivity contribution in [3.63, 3.8) is 0 Å². The van der Waals surface area contributed by atoms with Crippen LogP contribution in [0.4, 0.5) is 19.4 Å². The molecule has 1 fully saturated rings. The smallest absolute Gasteiger partial charge is 0.404 e. The van der Waals surface area contributed by atoms with Gasteiger partial charge in [0, 0.05) is 11.6 Å². The number of carbonyl (C=O) groups is 1. The molecule has 168 valence electrons. The van der Waals surface area contributed by atoms with Gasteiger partial charge in [-0.2, -0.15) is 5.10 Å². The van der Waals surface area contributed by atoms with Crippen LogP contribution in [-0.2, 0) is 11.3 Å². The first-order valence-electron chi connectivity index (χ1n) is 9.94. The van der Waals surface area contributed by atoms with Crippen molar-refractivity contribution in [2.24, 2.45) is 5.73 Å². The maximum atomic E-state index is 14.4. The highest BCUT2D eigenvalue weighted by molar-refractivity contribution is 5.66. The fraction of sp³-hybridized carbons (Fsp3) is 0.190. The van der Waals surface area contributed by atoms with Gasteiger partial charge in [-0.1, -0.05) is 23.4 Å². The average Bonchev–Trinajstić information content (AvgIpc) is 3.43. The van der Waals surface area contributed by atoms with Crippen LogP contribution >= 0.6 is 0 Å². The van der Waals surface area contributed by atoms with Gasteiger partial charge in [0.2, 0.25) is 0 Å². The van der Waals surface area contributed by atoms with Crippen molar-refractivity contribution in [2.75, 3.05) is 18.0 Å². The molecule has 0 aliphatic carbocycles. The summed E-state index contributed by atoms with van der Waals surface area (Å²) in [5, 5.41) is 8.46. The molecule has 0 spiro atoms. The van der Waals surface area contributed by atoms with Gasteiger partial charge in [0.05, 0.1) is 31.5 Å². The molecular formula is C21H17F2N7O3. The van der Waals surface area contributed by atoms with Gasteiger partial charge in [0.1, 0.15) is 29.6 Å². The number of hydrogen-bond acceptors (Lipinski definition) is 8. The summed E-state index contributed by atoms with van der Waals surface area (Å²) in [6.45, 7) is 0.631. The van der Waals surface area contributed by atoms with Crippen LogP contribution in [0, 0.1) is 11.6 Å². The molecule has 0 radical (unpaired) electrons. The third-order valence-corrected chi connectivity index (χ3v) is 5.14. The average molecular weight is 453 g/mol. The van der Waals surface area contributed by atoms with E-state index in [-0.39, 0.29) is 37.1 Å². The van der Waals surface area contributed by atoms with Crippen molar-refractivity contribution < 1.29 is 22.8 Å². The number of aromatic nitrogens is 5. The number of nitrogens with zero attached hydrogens (tertiary/aromatic N) is 6. The molecule has 1 aromatic carbocycles. The van der Waals surface area contributed by atoms with Crippen LogP contribution in [0.15, 0.2) is 53.4 Å². The molecule has 10 nitrogen and oxygen atoms in total. The van der Waals surface area contributed by atoms with Gasteiger partial charge in [-0.3, -0.25) is 4.68 Å². The lowest BCUT2D eigenvalue weighted by Crippen LogP contribution is -2.54. The number of primary amides is 1. The van der Waals surface area contributed by atoms with Crippen LogP contribution in [0.25, 0.3) is 22.9 Å². The zero-order chi connectivity index (χ0) is 22.9. The third kappa shape index (κ3) is 4.10. The Bertz CT molecular complexity index is 1300. The maximum absolute atomic E-state index is 14.4. The molecule has 3 aromatic heterocycles. The Hall–Kier alpha value is -4.35. The minimum absolute atomic E-state index is 0.0518. The van der Waals surface area contributed by atoms with Crippen LogP contribution in [0.2, 0.25) is 0 Å². The van der Waals surface area contributed by atoms with Crippen molar-refractivity contribution in [3.8, 4) is 22.9 Å². The standard InChI is InChI=1S/C21H17F2N7O3/c22-14-4-2-1-3-12(14)9-30-18(16-5-6-32-28-16)7-17(27-30)19-25-8-15(23)20(26-19)29-10-13(11-29)33-21(24)31/h1-8,13H,9-11H2,(H2,24,31). The highest BCUT2D eigenvalue weighted by atomic mass is 19.1. The number of anilines is 1. The first-order valence-corrected chi connectivity index (χ1v) is 9.94. The topological polar surface area (TPSA) is 125 Å². The van der Waals surface area contributed by atoms with Crippen molar-refractivity contribution in [3.05, 3.63) is 66.1 Å². The first kappa shape index (κ1) is 20.5. The Morgan fingerprint density at radius 3 is 2.73 bits per heavy atom. The Labute approximate surface area is 185 Å². The van der Waals surface area contributed by atoms with E-state index in [2.05, 4.69) is 20.2 Å². The van der Waals surface area contributed by atoms with Gasteiger partial charge in [-0.25, -0.2) is 23.5 Å². The molecule has 33 heavy (non-hydrogen) atoms. The Balaban J connectivity index is 1.47. The van der Waals surface area contributed by atoms with E-state index in [0.717, 1.165) is 6.20 Å². The maximum Gasteiger partial charge on any atom is 0.404 e. The third-order valence-electron chi connectivity index (χ3n) is 5.14. The first-order chi connectivity index (χ1) is 16.0. The van der Waals surface area contributed by atoms with Crippen molar-refractivity contribution in [1.82, 2.24) is 24.9 Å². The summed E-state index contributed by atoms with van der Waals surface area (Å²) in [5.74, 6) is -0.774. The summed E-state index contributed by atoms with van der Waals surface area (Å²) in [6, 6.07) is 9.68. The van der Waals surface area contributed by atoms with Gasteiger partial charge in [0.25, 0.3) is 0 Å². The molecule has 5 rings (SSSR count). The van der Waals surface area contributed by atoms with Gasteiger partial charge >= 0.3 is 6.09 Å². The molecule has 0 saturated carbocycles. The van der Waals surface area contributed by atoms with Crippen molar-refractivity contribution in [1.29, 1.82) is 0 Å². The molecule has 1 aliphatic rings. The lowest BCUT2D eigenvalue weighted by Gasteiger charge is -2.38. The number of rotatable bonds is 6. The van der Waals surface area contributed by atoms with Gasteiger partial charge in [-0.05, 0) is 12.1 Å². The summed E-state index contributed by atoms with van der Waals surface area (Å²) in [7, 11) is 0. The number of ether oxygens (including phenoxy) is 1. The monoisotopic (exact) mass is 453 g/mol. The molecule has 0 bridgehead atoms. The molecule has 2 N–H and O–H groups in total. The van der Waals surface area contributed by atoms with E-state index in [1.54, 1.807) is 39.9 Å². The van der Waals surface area contributed by atoms with E-state index < -0.39 is 18.0 Å². The summed E-state index contributed by atoms with van der Waals surface area (Å²) in [6.07, 6.45) is 1.14. The Morgan fingerprint density at radius 1 is 1.18 bits per heavy atom. The molecule has 4 aromatic rings. The van der Waals surface area contributed by atoms with Crippen LogP contribution in [0.5, 0.6) is 0 Å². The largest absolute Gasteiger partial charge is 0.443 e. The van der Waals surface area contributed by atoms with Crippen LogP contribution in [-0.4, -0.2) is 50.2 Å². The summed E-state index contributed by atoms with van der Waals surface area (Å²) in [5.41, 5.74) is 6.82. The zero-order valence-electron chi connectivity index (χ0n) is 17.1. The number of nitrogens with two attached hydrogens (primary N) is 1. The highest BCUT2D eigenvalue weighted by Gasteiger charge is 2.33. The lowest BCUT2D eigenvalue weighted by molar-refractivity contribution is 0.0883. The number of benzene rings is 1. The molecular weight excluding hydrogens is 436 g/mol. The molecule has 1 aliphatic heterocycles. The normalized spacial score (nSPS) is 13.7. The zero-order valence-corrected chi connectivity index (χ0v) is 17.1. The van der Waals surface area contributed by atoms with E-state index in [1.807, 2.05) is 0 Å². The SMILES string of the molecule is NC(=O)OC1CN(c2nc(-c3cc(-c4ccon4)n(Cc4ccccc4F)n3)ncc2F)C1. The molecule has 4 heterocycles. The summed E-state index contributed by atoms with van der Waals surface area (Å²) in [4.78, 5) is 20.9. The fourth-order valence-electron chi connectivity index (χ4n) is 3.54. The molecule has 1 amide bonds. The minimum atomic E-state index is -0.885. The van der Waals surface area contributed by atoms with Gasteiger partial charge < -0.3 is 19.9 Å². The van der Waals surface area contributed by atoms with Crippen LogP contribution in [0.1, 0.15) is 5.56 Å². The second kappa shape index (κ2) is 8.30. The molecule has 0 atom stereocenters. The predicted octanol–water partition coefficient (Wildman–Crippen LogP) is 2.61. The van der Waals surface area contributed by atoms with Gasteiger partial charge in [-0.15, -0.1) is 0 Å². The van der Waals surface area contributed by atoms with Crippen molar-refractivity contribution in [2.45, 2.75) is 12.6 Å². The second-order valence-corrected chi connectivity index (χ2v) is 7.38. The Kier molecular flexibility index (Phi) is 5.17. The summed E-state index contributed by atoms with van der Waals surface area (Å²) >= 11 is 0. The number of hydrogen-bond donors (Lipinski definition) is 1. The predicted molar refractivity (Wildman–Crippen MR) is 111 cm³/mol. The van der Waals surface area contributed by atoms with Crippen LogP contribution < -0.4 is 10.6 Å². The van der Waals surface area contributed by atoms with E-state index in [0.29, 0.717) is 22.6 Å². The van der Waals surface area contributed by atoms with E-state index in [4.69, 9.17) is 15.0 Å². The van der Waals surface area contributed by atoms with Crippen LogP contribution in [0.3, 0.4) is 0 Å². The number of carbonyl (C=O) groups excluding carboxylic acids is 1. The minimum Gasteiger partial charge on any atom is -0.443 e. The number of halogens is 2. The van der Waals surface area contributed by atoms with E-state index in [1.165, 1.54) is 12.3 Å². The highest BCUT2D eigenvalue weighted by Crippen LogP contribution is 2.28. The lowest BCUT2D eigenvalue weighted by atomic mass is 10.1. The molecule has 12 heteroatoms. The quantitative estimate of drug-likeness (QED) is 0.472. The van der Waals surface area contributed by atoms with E-state index in [9.17, 15) is 13.6 Å². The van der Waals surface area contributed by atoms with Crippen molar-refractivity contribution >= 4 is 11.9 Å². The van der Waals surface area contributed by atoms with E-state index >= 15 is 0 Å². The Morgan fingerprint density at radius 2 is 2.00 bits per heavy atom. The second-order valence-electron chi connectivity index (χ2n) is 7.38. The van der Waals surface area contributed by atoms with Gasteiger partial charge in [0.15, 0.2) is 17.5 Å².